The van der Waals surface area contributed by atoms with E-state index in [2.05, 4.69) is 114 Å². The molecule has 0 aromatic heterocycles. The fourth-order valence-electron chi connectivity index (χ4n) is 6.16. The summed E-state index contributed by atoms with van der Waals surface area (Å²) in [7, 11) is 0. The topological polar surface area (TPSA) is 42.8 Å². The Morgan fingerprint density at radius 3 is 2.51 bits per heavy atom. The first-order valence-electron chi connectivity index (χ1n) is 14.3. The molecule has 6 rings (SSSR count). The van der Waals surface area contributed by atoms with Crippen LogP contribution >= 0.6 is 15.9 Å². The molecule has 1 heterocycles. The van der Waals surface area contributed by atoms with Crippen molar-refractivity contribution in [1.82, 2.24) is 0 Å². The Balaban J connectivity index is 1.18. The molecule has 0 bridgehead atoms. The van der Waals surface area contributed by atoms with Crippen molar-refractivity contribution in [3.05, 3.63) is 129 Å². The van der Waals surface area contributed by atoms with Crippen molar-refractivity contribution in [2.75, 3.05) is 11.9 Å². The number of fused-ring (bicyclic) bond motifs is 3. The number of nitrogens with zero attached hydrogens (tertiary/aromatic N) is 1. The molecule has 1 N–H and O–H groups in total. The predicted molar refractivity (Wildman–Crippen MR) is 172 cm³/mol. The lowest BCUT2D eigenvalue weighted by Crippen LogP contribution is -2.28. The third-order valence-electron chi connectivity index (χ3n) is 7.88. The zero-order chi connectivity index (χ0) is 28.3. The first-order valence-corrected chi connectivity index (χ1v) is 15.1. The van der Waals surface area contributed by atoms with Crippen molar-refractivity contribution in [1.29, 1.82) is 0 Å². The predicted octanol–water partition coefficient (Wildman–Crippen LogP) is 9.62. The number of anilines is 1. The lowest BCUT2D eigenvalue weighted by Gasteiger charge is -2.37. The molecule has 41 heavy (non-hydrogen) atoms. The van der Waals surface area contributed by atoms with Gasteiger partial charge in [-0.1, -0.05) is 71.8 Å². The SMILES string of the molecule is CCOc1cc(C=Nc2ccc([C@@H]3Nc4ccccc4[C@@H]4C=CC[C@@H]43)cc2)cc(Br)c1OCc1cc(C)cc(C)c1. The summed E-state index contributed by atoms with van der Waals surface area (Å²) in [6, 6.07) is 28.1. The highest BCUT2D eigenvalue weighted by Gasteiger charge is 2.37. The summed E-state index contributed by atoms with van der Waals surface area (Å²) in [4.78, 5) is 4.78. The first kappa shape index (κ1) is 27.3. The molecule has 0 saturated carbocycles. The van der Waals surface area contributed by atoms with Gasteiger partial charge in [-0.3, -0.25) is 4.99 Å². The molecule has 0 unspecified atom stereocenters. The maximum atomic E-state index is 6.23. The van der Waals surface area contributed by atoms with Crippen molar-refractivity contribution >= 4 is 33.5 Å². The number of halogens is 1. The average molecular weight is 608 g/mol. The second-order valence-corrected chi connectivity index (χ2v) is 11.8. The summed E-state index contributed by atoms with van der Waals surface area (Å²) in [6.07, 6.45) is 7.68. The fraction of sp³-hybridized carbons (Fsp3) is 0.250. The summed E-state index contributed by atoms with van der Waals surface area (Å²) in [5, 5.41) is 3.81. The van der Waals surface area contributed by atoms with Gasteiger partial charge in [-0.2, -0.15) is 0 Å². The Bertz CT molecular complexity index is 1590. The summed E-state index contributed by atoms with van der Waals surface area (Å²) < 4.78 is 13.0. The largest absolute Gasteiger partial charge is 0.490 e. The van der Waals surface area contributed by atoms with Crippen LogP contribution in [0.4, 0.5) is 11.4 Å². The van der Waals surface area contributed by atoms with Gasteiger partial charge in [0, 0.05) is 17.8 Å². The van der Waals surface area contributed by atoms with Crippen LogP contribution in [0.2, 0.25) is 0 Å². The van der Waals surface area contributed by atoms with E-state index in [9.17, 15) is 0 Å². The van der Waals surface area contributed by atoms with Crippen LogP contribution in [0, 0.1) is 19.8 Å². The number of benzene rings is 4. The van der Waals surface area contributed by atoms with Gasteiger partial charge in [0.25, 0.3) is 0 Å². The van der Waals surface area contributed by atoms with Crippen LogP contribution in [0.15, 0.2) is 100 Å². The number of nitrogens with one attached hydrogen (secondary N) is 1. The number of para-hydroxylation sites is 1. The van der Waals surface area contributed by atoms with Gasteiger partial charge < -0.3 is 14.8 Å². The number of aliphatic imine (C=N–C) groups is 1. The van der Waals surface area contributed by atoms with E-state index in [-0.39, 0.29) is 6.04 Å². The van der Waals surface area contributed by atoms with Crippen LogP contribution in [-0.2, 0) is 6.61 Å². The second-order valence-electron chi connectivity index (χ2n) is 11.0. The highest BCUT2D eigenvalue weighted by atomic mass is 79.9. The second kappa shape index (κ2) is 12.0. The Labute approximate surface area is 251 Å². The van der Waals surface area contributed by atoms with E-state index in [4.69, 9.17) is 14.5 Å². The Kier molecular flexibility index (Phi) is 7.97. The van der Waals surface area contributed by atoms with E-state index in [1.165, 1.54) is 27.9 Å². The summed E-state index contributed by atoms with van der Waals surface area (Å²) in [5.41, 5.74) is 9.39. The van der Waals surface area contributed by atoms with Crippen LogP contribution in [0.3, 0.4) is 0 Å². The monoisotopic (exact) mass is 606 g/mol. The molecule has 1 aliphatic heterocycles. The third kappa shape index (κ3) is 5.96. The molecular weight excluding hydrogens is 572 g/mol. The molecule has 4 aromatic carbocycles. The van der Waals surface area contributed by atoms with E-state index < -0.39 is 0 Å². The number of hydrogen-bond donors (Lipinski definition) is 1. The Hall–Kier alpha value is -3.83. The van der Waals surface area contributed by atoms with Crippen molar-refractivity contribution in [2.24, 2.45) is 10.9 Å². The van der Waals surface area contributed by atoms with Crippen molar-refractivity contribution in [3.8, 4) is 11.5 Å². The van der Waals surface area contributed by atoms with Crippen LogP contribution in [0.25, 0.3) is 0 Å². The molecule has 0 amide bonds. The minimum atomic E-state index is 0.281. The molecule has 0 saturated heterocycles. The zero-order valence-electron chi connectivity index (χ0n) is 23.7. The van der Waals surface area contributed by atoms with Gasteiger partial charge in [0.15, 0.2) is 11.5 Å². The van der Waals surface area contributed by atoms with Crippen molar-refractivity contribution in [3.63, 3.8) is 0 Å². The average Bonchev–Trinajstić information content (AvgIpc) is 3.46. The number of aryl methyl sites for hydroxylation is 2. The van der Waals surface area contributed by atoms with E-state index >= 15 is 0 Å². The molecule has 4 nitrogen and oxygen atoms in total. The van der Waals surface area contributed by atoms with E-state index in [0.717, 1.165) is 27.7 Å². The standard InChI is InChI=1S/C36H35BrN2O2/c1-4-40-34-20-25(19-32(37)36(34)41-22-26-17-23(2)16-24(3)18-26)21-38-28-14-12-27(13-15-28)35-31-10-7-9-29(31)30-8-5-6-11-33(30)39-35/h5-9,11-21,29,31,35,39H,4,10,22H2,1-3H3/t29-,31-,35-/m0/s1. The molecule has 3 atom stereocenters. The van der Waals surface area contributed by atoms with Crippen LogP contribution in [0.5, 0.6) is 11.5 Å². The highest BCUT2D eigenvalue weighted by Crippen LogP contribution is 2.49. The van der Waals surface area contributed by atoms with E-state index in [1.54, 1.807) is 0 Å². The maximum Gasteiger partial charge on any atom is 0.175 e. The molecule has 208 valence electrons. The van der Waals surface area contributed by atoms with Gasteiger partial charge in [0.2, 0.25) is 0 Å². The van der Waals surface area contributed by atoms with Crippen LogP contribution in [0.1, 0.15) is 58.7 Å². The normalized spacial score (nSPS) is 19.1. The van der Waals surface area contributed by atoms with Crippen molar-refractivity contribution in [2.45, 2.75) is 45.8 Å². The van der Waals surface area contributed by atoms with Crippen molar-refractivity contribution < 1.29 is 9.47 Å². The first-order chi connectivity index (χ1) is 20.0. The number of hydrogen-bond acceptors (Lipinski definition) is 4. The van der Waals surface area contributed by atoms with Gasteiger partial charge in [0.05, 0.1) is 22.8 Å². The lowest BCUT2D eigenvalue weighted by atomic mass is 9.77. The molecule has 0 radical (unpaired) electrons. The summed E-state index contributed by atoms with van der Waals surface area (Å²) in [5.74, 6) is 2.41. The highest BCUT2D eigenvalue weighted by molar-refractivity contribution is 9.10. The molecule has 0 spiro atoms. The lowest BCUT2D eigenvalue weighted by molar-refractivity contribution is 0.267. The maximum absolute atomic E-state index is 6.23. The fourth-order valence-corrected chi connectivity index (χ4v) is 6.74. The number of ether oxygens (including phenoxy) is 2. The number of allylic oxidation sites excluding steroid dienone is 2. The zero-order valence-corrected chi connectivity index (χ0v) is 25.3. The Morgan fingerprint density at radius 2 is 1.73 bits per heavy atom. The van der Waals surface area contributed by atoms with E-state index in [0.29, 0.717) is 36.5 Å². The third-order valence-corrected chi connectivity index (χ3v) is 8.47. The molecule has 0 fully saturated rings. The summed E-state index contributed by atoms with van der Waals surface area (Å²) >= 11 is 3.71. The van der Waals surface area contributed by atoms with Gasteiger partial charge >= 0.3 is 0 Å². The Morgan fingerprint density at radius 1 is 0.951 bits per heavy atom. The minimum absolute atomic E-state index is 0.281. The molecular formula is C36H35BrN2O2. The molecule has 4 aromatic rings. The minimum Gasteiger partial charge on any atom is -0.490 e. The molecule has 2 aliphatic rings. The van der Waals surface area contributed by atoms with Gasteiger partial charge in [-0.25, -0.2) is 0 Å². The van der Waals surface area contributed by atoms with Gasteiger partial charge in [0.1, 0.15) is 6.61 Å². The van der Waals surface area contributed by atoms with Crippen LogP contribution in [-0.4, -0.2) is 12.8 Å². The quantitative estimate of drug-likeness (QED) is 0.160. The smallest absolute Gasteiger partial charge is 0.175 e. The van der Waals surface area contributed by atoms with E-state index in [1.807, 2.05) is 25.3 Å². The summed E-state index contributed by atoms with van der Waals surface area (Å²) in [6.45, 7) is 7.21. The number of rotatable bonds is 8. The molecule has 1 aliphatic carbocycles. The van der Waals surface area contributed by atoms with Gasteiger partial charge in [-0.05, 0) is 102 Å². The van der Waals surface area contributed by atoms with Crippen LogP contribution < -0.4 is 14.8 Å². The van der Waals surface area contributed by atoms with Gasteiger partial charge in [-0.15, -0.1) is 0 Å². The molecule has 5 heteroatoms.